The molecule has 0 spiro atoms. The largest absolute Gasteiger partial charge is 0.352 e. The zero-order valence-corrected chi connectivity index (χ0v) is 16.7. The lowest BCUT2D eigenvalue weighted by atomic mass is 10.1. The monoisotopic (exact) mass is 378 g/mol. The fourth-order valence-electron chi connectivity index (χ4n) is 3.21. The van der Waals surface area contributed by atoms with Gasteiger partial charge in [-0.2, -0.15) is 0 Å². The minimum absolute atomic E-state index is 0.134. The van der Waals surface area contributed by atoms with Crippen LogP contribution in [0, 0.1) is 5.92 Å². The normalized spacial score (nSPS) is 16.5. The minimum Gasteiger partial charge on any atom is -0.352 e. The summed E-state index contributed by atoms with van der Waals surface area (Å²) in [7, 11) is 0. The average molecular weight is 379 g/mol. The van der Waals surface area contributed by atoms with E-state index in [0.29, 0.717) is 6.04 Å². The Hall–Kier alpha value is -1.34. The van der Waals surface area contributed by atoms with Crippen LogP contribution in [0.3, 0.4) is 0 Å². The van der Waals surface area contributed by atoms with Gasteiger partial charge in [0.15, 0.2) is 11.0 Å². The SMILES string of the molecule is CCn1c(SC(C(=O)NC2CCCC2)C(C)C)nnc1-c1cccs1. The molecular weight excluding hydrogens is 352 g/mol. The maximum Gasteiger partial charge on any atom is 0.234 e. The van der Waals surface area contributed by atoms with Crippen LogP contribution in [0.25, 0.3) is 10.7 Å². The molecule has 0 saturated heterocycles. The van der Waals surface area contributed by atoms with Gasteiger partial charge in [-0.15, -0.1) is 21.5 Å². The van der Waals surface area contributed by atoms with Crippen molar-refractivity contribution in [2.75, 3.05) is 0 Å². The number of hydrogen-bond acceptors (Lipinski definition) is 5. The molecule has 0 aliphatic heterocycles. The van der Waals surface area contributed by atoms with Gasteiger partial charge in [0, 0.05) is 12.6 Å². The molecule has 136 valence electrons. The molecule has 1 N–H and O–H groups in total. The zero-order valence-electron chi connectivity index (χ0n) is 15.1. The second-order valence-corrected chi connectivity index (χ2v) is 8.86. The predicted molar refractivity (Wildman–Crippen MR) is 104 cm³/mol. The fourth-order valence-corrected chi connectivity index (χ4v) is 5.03. The van der Waals surface area contributed by atoms with Crippen molar-refractivity contribution in [3.8, 4) is 10.7 Å². The van der Waals surface area contributed by atoms with Crippen molar-refractivity contribution >= 4 is 29.0 Å². The van der Waals surface area contributed by atoms with E-state index in [9.17, 15) is 4.79 Å². The summed E-state index contributed by atoms with van der Waals surface area (Å²) in [5.74, 6) is 1.26. The summed E-state index contributed by atoms with van der Waals surface area (Å²) in [6.45, 7) is 7.07. The van der Waals surface area contributed by atoms with Gasteiger partial charge in [-0.1, -0.05) is 44.5 Å². The molecule has 1 aliphatic rings. The topological polar surface area (TPSA) is 59.8 Å². The number of nitrogens with zero attached hydrogens (tertiary/aromatic N) is 3. The molecule has 0 radical (unpaired) electrons. The average Bonchev–Trinajstić information content (AvgIpc) is 3.32. The fraction of sp³-hybridized carbons (Fsp3) is 0.611. The molecule has 5 nitrogen and oxygen atoms in total. The van der Waals surface area contributed by atoms with E-state index in [4.69, 9.17) is 0 Å². The molecule has 2 aromatic heterocycles. The summed E-state index contributed by atoms with van der Waals surface area (Å²) in [4.78, 5) is 13.9. The standard InChI is InChI=1S/C18H26N4OS2/c1-4-22-16(14-10-7-11-24-14)20-21-18(22)25-15(12(2)3)17(23)19-13-8-5-6-9-13/h7,10-13,15H,4-6,8-9H2,1-3H3,(H,19,23). The van der Waals surface area contributed by atoms with Crippen molar-refractivity contribution in [3.63, 3.8) is 0 Å². The van der Waals surface area contributed by atoms with Gasteiger partial charge in [-0.25, -0.2) is 0 Å². The molecule has 7 heteroatoms. The van der Waals surface area contributed by atoms with Gasteiger partial charge >= 0.3 is 0 Å². The first-order chi connectivity index (χ1) is 12.1. The Labute approximate surface area is 157 Å². The zero-order chi connectivity index (χ0) is 17.8. The van der Waals surface area contributed by atoms with Crippen molar-refractivity contribution in [2.45, 2.75) is 69.4 Å². The number of rotatable bonds is 7. The third kappa shape index (κ3) is 4.26. The van der Waals surface area contributed by atoms with Crippen LogP contribution in [0.5, 0.6) is 0 Å². The maximum atomic E-state index is 12.8. The van der Waals surface area contributed by atoms with E-state index >= 15 is 0 Å². The van der Waals surface area contributed by atoms with Crippen molar-refractivity contribution in [3.05, 3.63) is 17.5 Å². The van der Waals surface area contributed by atoms with Gasteiger partial charge in [0.05, 0.1) is 10.1 Å². The lowest BCUT2D eigenvalue weighted by Crippen LogP contribution is -2.41. The number of carbonyl (C=O) groups is 1. The molecule has 1 amide bonds. The van der Waals surface area contributed by atoms with Crippen LogP contribution in [-0.2, 0) is 11.3 Å². The molecule has 2 aromatic rings. The molecule has 0 aromatic carbocycles. The summed E-state index contributed by atoms with van der Waals surface area (Å²) in [6.07, 6.45) is 4.65. The molecule has 3 rings (SSSR count). The first-order valence-corrected chi connectivity index (χ1v) is 10.8. The molecule has 1 atom stereocenters. The summed E-state index contributed by atoms with van der Waals surface area (Å²) in [5, 5.41) is 14.7. The number of hydrogen-bond donors (Lipinski definition) is 1. The third-order valence-corrected chi connectivity index (χ3v) is 6.96. The highest BCUT2D eigenvalue weighted by Crippen LogP contribution is 2.32. The third-order valence-electron chi connectivity index (χ3n) is 4.57. The summed E-state index contributed by atoms with van der Waals surface area (Å²) < 4.78 is 2.11. The molecule has 1 aliphatic carbocycles. The van der Waals surface area contributed by atoms with Crippen molar-refractivity contribution in [2.24, 2.45) is 5.92 Å². The number of thioether (sulfide) groups is 1. The molecule has 1 unspecified atom stereocenters. The first kappa shape index (κ1) is 18.5. The maximum absolute atomic E-state index is 12.8. The Morgan fingerprint density at radius 2 is 2.16 bits per heavy atom. The van der Waals surface area contributed by atoms with Gasteiger partial charge in [-0.3, -0.25) is 4.79 Å². The van der Waals surface area contributed by atoms with Crippen LogP contribution in [0.2, 0.25) is 0 Å². The second kappa shape index (κ2) is 8.36. The summed E-state index contributed by atoms with van der Waals surface area (Å²) >= 11 is 3.20. The van der Waals surface area contributed by atoms with E-state index in [2.05, 4.69) is 46.9 Å². The molecule has 0 bridgehead atoms. The Kier molecular flexibility index (Phi) is 6.17. The second-order valence-electron chi connectivity index (χ2n) is 6.80. The number of aromatic nitrogens is 3. The molecule has 2 heterocycles. The Balaban J connectivity index is 1.77. The van der Waals surface area contributed by atoms with Crippen LogP contribution >= 0.6 is 23.1 Å². The summed E-state index contributed by atoms with van der Waals surface area (Å²) in [6, 6.07) is 4.43. The first-order valence-electron chi connectivity index (χ1n) is 9.04. The number of nitrogens with one attached hydrogen (secondary N) is 1. The quantitative estimate of drug-likeness (QED) is 0.734. The molecule has 25 heavy (non-hydrogen) atoms. The van der Waals surface area contributed by atoms with Crippen LogP contribution in [0.15, 0.2) is 22.7 Å². The molecular formula is C18H26N4OS2. The van der Waals surface area contributed by atoms with Crippen LogP contribution in [0.1, 0.15) is 46.5 Å². The van der Waals surface area contributed by atoms with Crippen LogP contribution in [0.4, 0.5) is 0 Å². The summed E-state index contributed by atoms with van der Waals surface area (Å²) in [5.41, 5.74) is 0. The lowest BCUT2D eigenvalue weighted by Gasteiger charge is -2.22. The minimum atomic E-state index is -0.147. The smallest absolute Gasteiger partial charge is 0.234 e. The van der Waals surface area contributed by atoms with Crippen LogP contribution < -0.4 is 5.32 Å². The van der Waals surface area contributed by atoms with Crippen molar-refractivity contribution < 1.29 is 4.79 Å². The van der Waals surface area contributed by atoms with E-state index in [1.807, 2.05) is 11.4 Å². The van der Waals surface area contributed by atoms with Gasteiger partial charge in [0.1, 0.15) is 0 Å². The molecule has 1 fully saturated rings. The van der Waals surface area contributed by atoms with Gasteiger partial charge in [0.2, 0.25) is 5.91 Å². The van der Waals surface area contributed by atoms with E-state index in [0.717, 1.165) is 35.2 Å². The van der Waals surface area contributed by atoms with Crippen LogP contribution in [-0.4, -0.2) is 32.0 Å². The Morgan fingerprint density at radius 1 is 1.40 bits per heavy atom. The number of carbonyl (C=O) groups excluding carboxylic acids is 1. The van der Waals surface area contributed by atoms with Crippen molar-refractivity contribution in [1.29, 1.82) is 0 Å². The molecule has 1 saturated carbocycles. The number of thiophene rings is 1. The van der Waals surface area contributed by atoms with E-state index in [1.54, 1.807) is 11.3 Å². The van der Waals surface area contributed by atoms with Gasteiger partial charge < -0.3 is 9.88 Å². The predicted octanol–water partition coefficient (Wildman–Crippen LogP) is 4.20. The van der Waals surface area contributed by atoms with Gasteiger partial charge in [-0.05, 0) is 37.1 Å². The highest BCUT2D eigenvalue weighted by atomic mass is 32.2. The van der Waals surface area contributed by atoms with Crippen molar-refractivity contribution in [1.82, 2.24) is 20.1 Å². The lowest BCUT2D eigenvalue weighted by molar-refractivity contribution is -0.121. The Bertz CT molecular complexity index is 690. The number of amides is 1. The van der Waals surface area contributed by atoms with Gasteiger partial charge in [0.25, 0.3) is 0 Å². The van der Waals surface area contributed by atoms with E-state index in [-0.39, 0.29) is 17.1 Å². The Morgan fingerprint density at radius 3 is 2.76 bits per heavy atom. The highest BCUT2D eigenvalue weighted by Gasteiger charge is 2.29. The van der Waals surface area contributed by atoms with E-state index < -0.39 is 0 Å². The van der Waals surface area contributed by atoms with E-state index in [1.165, 1.54) is 24.6 Å². The highest BCUT2D eigenvalue weighted by molar-refractivity contribution is 8.00.